The van der Waals surface area contributed by atoms with Crippen molar-refractivity contribution in [3.63, 3.8) is 0 Å². The molecule has 0 spiro atoms. The number of nitrogens with zero attached hydrogens (tertiary/aromatic N) is 2. The van der Waals surface area contributed by atoms with Gasteiger partial charge < -0.3 is 5.32 Å². The SMILES string of the molecule is c1ccc(Nc2ncnc3cc(-c4ccsc4)sc23)cc1. The number of anilines is 2. The van der Waals surface area contributed by atoms with Gasteiger partial charge in [0.25, 0.3) is 0 Å². The molecule has 4 rings (SSSR count). The van der Waals surface area contributed by atoms with E-state index in [2.05, 4.69) is 38.2 Å². The van der Waals surface area contributed by atoms with Gasteiger partial charge in [-0.05, 0) is 35.0 Å². The molecule has 4 aromatic rings. The van der Waals surface area contributed by atoms with Crippen LogP contribution in [-0.4, -0.2) is 9.97 Å². The lowest BCUT2D eigenvalue weighted by atomic mass is 10.3. The van der Waals surface area contributed by atoms with Crippen molar-refractivity contribution < 1.29 is 0 Å². The quantitative estimate of drug-likeness (QED) is 0.568. The molecule has 21 heavy (non-hydrogen) atoms. The highest BCUT2D eigenvalue weighted by atomic mass is 32.1. The summed E-state index contributed by atoms with van der Waals surface area (Å²) in [5.74, 6) is 0.859. The highest BCUT2D eigenvalue weighted by molar-refractivity contribution is 7.23. The van der Waals surface area contributed by atoms with Gasteiger partial charge in [0.1, 0.15) is 6.33 Å². The zero-order chi connectivity index (χ0) is 14.1. The summed E-state index contributed by atoms with van der Waals surface area (Å²) in [5.41, 5.74) is 3.26. The van der Waals surface area contributed by atoms with E-state index in [1.165, 1.54) is 10.4 Å². The number of nitrogens with one attached hydrogen (secondary N) is 1. The fraction of sp³-hybridized carbons (Fsp3) is 0. The third-order valence-electron chi connectivity index (χ3n) is 3.15. The van der Waals surface area contributed by atoms with Crippen molar-refractivity contribution >= 4 is 44.4 Å². The Bertz CT molecular complexity index is 867. The molecular weight excluding hydrogens is 298 g/mol. The largest absolute Gasteiger partial charge is 0.339 e. The number of hydrogen-bond donors (Lipinski definition) is 1. The second-order valence-electron chi connectivity index (χ2n) is 4.55. The molecule has 0 atom stereocenters. The molecule has 5 heteroatoms. The van der Waals surface area contributed by atoms with Gasteiger partial charge in [-0.25, -0.2) is 9.97 Å². The molecule has 0 radical (unpaired) electrons. The topological polar surface area (TPSA) is 37.8 Å². The Morgan fingerprint density at radius 2 is 1.90 bits per heavy atom. The fourth-order valence-electron chi connectivity index (χ4n) is 2.15. The number of para-hydroxylation sites is 1. The summed E-state index contributed by atoms with van der Waals surface area (Å²) in [7, 11) is 0. The Morgan fingerprint density at radius 1 is 1.00 bits per heavy atom. The summed E-state index contributed by atoms with van der Waals surface area (Å²) in [6.07, 6.45) is 1.61. The van der Waals surface area contributed by atoms with Gasteiger partial charge in [-0.1, -0.05) is 18.2 Å². The van der Waals surface area contributed by atoms with Crippen molar-refractivity contribution in [2.45, 2.75) is 0 Å². The number of aromatic nitrogens is 2. The molecule has 0 amide bonds. The van der Waals surface area contributed by atoms with Crippen LogP contribution in [0.3, 0.4) is 0 Å². The first-order valence-electron chi connectivity index (χ1n) is 6.49. The van der Waals surface area contributed by atoms with Gasteiger partial charge in [-0.2, -0.15) is 11.3 Å². The minimum absolute atomic E-state index is 0.859. The molecular formula is C16H11N3S2. The van der Waals surface area contributed by atoms with E-state index >= 15 is 0 Å². The summed E-state index contributed by atoms with van der Waals surface area (Å²) in [6.45, 7) is 0. The number of benzene rings is 1. The molecule has 102 valence electrons. The molecule has 0 saturated heterocycles. The molecule has 0 unspecified atom stereocenters. The second kappa shape index (κ2) is 5.27. The molecule has 0 fully saturated rings. The summed E-state index contributed by atoms with van der Waals surface area (Å²) in [6, 6.07) is 14.3. The maximum absolute atomic E-state index is 4.39. The Labute approximate surface area is 129 Å². The molecule has 0 aliphatic carbocycles. The molecule has 3 nitrogen and oxygen atoms in total. The maximum Gasteiger partial charge on any atom is 0.151 e. The van der Waals surface area contributed by atoms with Gasteiger partial charge in [-0.3, -0.25) is 0 Å². The highest BCUT2D eigenvalue weighted by Gasteiger charge is 2.10. The zero-order valence-corrected chi connectivity index (χ0v) is 12.6. The van der Waals surface area contributed by atoms with E-state index in [-0.39, 0.29) is 0 Å². The third kappa shape index (κ3) is 2.41. The minimum Gasteiger partial charge on any atom is -0.339 e. The Morgan fingerprint density at radius 3 is 2.71 bits per heavy atom. The van der Waals surface area contributed by atoms with Crippen LogP contribution in [0.5, 0.6) is 0 Å². The Hall–Kier alpha value is -2.24. The van der Waals surface area contributed by atoms with E-state index in [4.69, 9.17) is 0 Å². The molecule has 0 aliphatic rings. The van der Waals surface area contributed by atoms with Crippen molar-refractivity contribution in [2.24, 2.45) is 0 Å². The van der Waals surface area contributed by atoms with Crippen molar-refractivity contribution in [1.82, 2.24) is 9.97 Å². The lowest BCUT2D eigenvalue weighted by Gasteiger charge is -2.05. The van der Waals surface area contributed by atoms with Crippen LogP contribution < -0.4 is 5.32 Å². The second-order valence-corrected chi connectivity index (χ2v) is 6.38. The van der Waals surface area contributed by atoms with E-state index in [9.17, 15) is 0 Å². The van der Waals surface area contributed by atoms with Crippen LogP contribution in [0.1, 0.15) is 0 Å². The Balaban J connectivity index is 1.79. The van der Waals surface area contributed by atoms with Gasteiger partial charge in [0.15, 0.2) is 5.82 Å². The first-order valence-corrected chi connectivity index (χ1v) is 8.25. The lowest BCUT2D eigenvalue weighted by molar-refractivity contribution is 1.23. The average Bonchev–Trinajstić information content (AvgIpc) is 3.18. The van der Waals surface area contributed by atoms with Crippen molar-refractivity contribution in [3.8, 4) is 10.4 Å². The predicted octanol–water partition coefficient (Wildman–Crippen LogP) is 5.16. The van der Waals surface area contributed by atoms with Crippen LogP contribution in [0.25, 0.3) is 20.7 Å². The fourth-order valence-corrected chi connectivity index (χ4v) is 3.93. The standard InChI is InChI=1S/C16H11N3S2/c1-2-4-12(5-3-1)19-16-15-13(17-10-18-16)8-14(21-15)11-6-7-20-9-11/h1-10H,(H,17,18,19). The van der Waals surface area contributed by atoms with Gasteiger partial charge in [0, 0.05) is 16.1 Å². The molecule has 0 bridgehead atoms. The molecule has 1 N–H and O–H groups in total. The first-order chi connectivity index (χ1) is 10.4. The first kappa shape index (κ1) is 12.5. The monoisotopic (exact) mass is 309 g/mol. The summed E-state index contributed by atoms with van der Waals surface area (Å²) in [5, 5.41) is 7.61. The minimum atomic E-state index is 0.859. The van der Waals surface area contributed by atoms with Crippen LogP contribution >= 0.6 is 22.7 Å². The molecule has 0 aliphatic heterocycles. The highest BCUT2D eigenvalue weighted by Crippen LogP contribution is 2.37. The number of hydrogen-bond acceptors (Lipinski definition) is 5. The molecule has 0 saturated carbocycles. The smallest absolute Gasteiger partial charge is 0.151 e. The molecule has 3 aromatic heterocycles. The van der Waals surface area contributed by atoms with Crippen molar-refractivity contribution in [1.29, 1.82) is 0 Å². The van der Waals surface area contributed by atoms with E-state index < -0.39 is 0 Å². The predicted molar refractivity (Wildman–Crippen MR) is 90.5 cm³/mol. The zero-order valence-electron chi connectivity index (χ0n) is 11.0. The number of fused-ring (bicyclic) bond motifs is 1. The lowest BCUT2D eigenvalue weighted by Crippen LogP contribution is -1.93. The van der Waals surface area contributed by atoms with Crippen molar-refractivity contribution in [2.75, 3.05) is 5.32 Å². The molecule has 1 aromatic carbocycles. The normalized spacial score (nSPS) is 10.9. The van der Waals surface area contributed by atoms with E-state index in [0.717, 1.165) is 21.7 Å². The maximum atomic E-state index is 4.39. The van der Waals surface area contributed by atoms with Gasteiger partial charge in [-0.15, -0.1) is 11.3 Å². The van der Waals surface area contributed by atoms with Crippen LogP contribution in [0.15, 0.2) is 59.6 Å². The molecule has 3 heterocycles. The third-order valence-corrected chi connectivity index (χ3v) is 5.02. The van der Waals surface area contributed by atoms with E-state index in [1.807, 2.05) is 30.3 Å². The number of rotatable bonds is 3. The summed E-state index contributed by atoms with van der Waals surface area (Å²) in [4.78, 5) is 9.99. The van der Waals surface area contributed by atoms with Crippen LogP contribution in [-0.2, 0) is 0 Å². The average molecular weight is 309 g/mol. The van der Waals surface area contributed by atoms with Crippen LogP contribution in [0.4, 0.5) is 11.5 Å². The Kier molecular flexibility index (Phi) is 3.14. The van der Waals surface area contributed by atoms with Crippen molar-refractivity contribution in [3.05, 3.63) is 59.6 Å². The van der Waals surface area contributed by atoms with E-state index in [0.29, 0.717) is 0 Å². The van der Waals surface area contributed by atoms with Crippen LogP contribution in [0.2, 0.25) is 0 Å². The van der Waals surface area contributed by atoms with Crippen LogP contribution in [0, 0.1) is 0 Å². The summed E-state index contributed by atoms with van der Waals surface area (Å²) < 4.78 is 1.09. The summed E-state index contributed by atoms with van der Waals surface area (Å²) >= 11 is 3.43. The van der Waals surface area contributed by atoms with Gasteiger partial charge in [0.05, 0.1) is 10.2 Å². The van der Waals surface area contributed by atoms with Gasteiger partial charge >= 0.3 is 0 Å². The number of thiophene rings is 2. The van der Waals surface area contributed by atoms with Gasteiger partial charge in [0.2, 0.25) is 0 Å². The van der Waals surface area contributed by atoms with E-state index in [1.54, 1.807) is 29.0 Å².